The van der Waals surface area contributed by atoms with Crippen LogP contribution in [0.15, 0.2) is 89.7 Å². The Bertz CT molecular complexity index is 1320. The van der Waals surface area contributed by atoms with Crippen molar-refractivity contribution >= 4 is 21.8 Å². The molecule has 0 spiro atoms. The molecule has 2 aromatic carbocycles. The molecular formula is C27H24BrF3N4O. The minimum absolute atomic E-state index is 0.0336. The highest BCUT2D eigenvalue weighted by Gasteiger charge is 2.35. The number of benzene rings is 2. The van der Waals surface area contributed by atoms with Crippen LogP contribution in [0.1, 0.15) is 21.6 Å². The van der Waals surface area contributed by atoms with E-state index in [9.17, 15) is 18.0 Å². The van der Waals surface area contributed by atoms with Crippen molar-refractivity contribution in [2.24, 2.45) is 0 Å². The second kappa shape index (κ2) is 11.1. The summed E-state index contributed by atoms with van der Waals surface area (Å²) in [5.41, 5.74) is 1.86. The number of halogens is 4. The molecule has 0 aliphatic rings. The molecule has 0 aliphatic heterocycles. The Morgan fingerprint density at radius 2 is 1.75 bits per heavy atom. The lowest BCUT2D eigenvalue weighted by Gasteiger charge is -2.22. The number of nitrogens with one attached hydrogen (secondary N) is 1. The fraction of sp³-hybridized carbons (Fsp3) is 0.185. The summed E-state index contributed by atoms with van der Waals surface area (Å²) < 4.78 is 44.2. The van der Waals surface area contributed by atoms with Gasteiger partial charge >= 0.3 is 6.18 Å². The molecule has 0 radical (unpaired) electrons. The van der Waals surface area contributed by atoms with E-state index in [1.165, 1.54) is 6.20 Å². The van der Waals surface area contributed by atoms with Crippen molar-refractivity contribution in [1.82, 2.24) is 19.8 Å². The number of carbonyl (C=O) groups excluding carboxylic acids is 1. The number of pyridine rings is 1. The highest BCUT2D eigenvalue weighted by atomic mass is 79.9. The van der Waals surface area contributed by atoms with Crippen molar-refractivity contribution in [3.8, 4) is 16.9 Å². The molecule has 1 amide bonds. The van der Waals surface area contributed by atoms with Crippen molar-refractivity contribution in [2.45, 2.75) is 12.7 Å². The molecule has 36 heavy (non-hydrogen) atoms. The minimum atomic E-state index is -4.54. The Labute approximate surface area is 215 Å². The summed E-state index contributed by atoms with van der Waals surface area (Å²) in [6, 6.07) is 20.9. The summed E-state index contributed by atoms with van der Waals surface area (Å²) in [4.78, 5) is 18.2. The zero-order valence-corrected chi connectivity index (χ0v) is 21.1. The molecule has 2 aromatic heterocycles. The Hall–Kier alpha value is -3.43. The first-order chi connectivity index (χ1) is 17.2. The maximum absolute atomic E-state index is 13.9. The van der Waals surface area contributed by atoms with Crippen LogP contribution in [0.25, 0.3) is 16.9 Å². The van der Waals surface area contributed by atoms with Gasteiger partial charge in [-0.05, 0) is 55.1 Å². The standard InChI is InChI=1S/C27H24BrF3N4O/c1-34(16-15-33-26(36)20-5-3-2-4-6-20)18-22-11-12-24(19-7-9-21(28)10-8-19)35(22)25-17-32-14-13-23(25)27(29,30)31/h2-14,17H,15-16,18H2,1H3,(H,33,36). The molecule has 0 aliphatic carbocycles. The minimum Gasteiger partial charge on any atom is -0.351 e. The van der Waals surface area contributed by atoms with E-state index in [0.29, 0.717) is 36.6 Å². The third-order valence-electron chi connectivity index (χ3n) is 5.70. The molecule has 4 aromatic rings. The van der Waals surface area contributed by atoms with Crippen LogP contribution in [0, 0.1) is 0 Å². The van der Waals surface area contributed by atoms with Gasteiger partial charge < -0.3 is 9.88 Å². The second-order valence-corrected chi connectivity index (χ2v) is 9.22. The van der Waals surface area contributed by atoms with E-state index in [0.717, 1.165) is 22.3 Å². The van der Waals surface area contributed by atoms with E-state index in [2.05, 4.69) is 26.2 Å². The van der Waals surface area contributed by atoms with Crippen LogP contribution >= 0.6 is 15.9 Å². The Balaban J connectivity index is 1.60. The van der Waals surface area contributed by atoms with E-state index in [1.54, 1.807) is 28.8 Å². The van der Waals surface area contributed by atoms with Crippen molar-refractivity contribution in [3.63, 3.8) is 0 Å². The van der Waals surface area contributed by atoms with Gasteiger partial charge in [0.1, 0.15) is 0 Å². The number of rotatable bonds is 8. The predicted molar refractivity (Wildman–Crippen MR) is 137 cm³/mol. The van der Waals surface area contributed by atoms with Gasteiger partial charge in [0.25, 0.3) is 5.91 Å². The summed E-state index contributed by atoms with van der Waals surface area (Å²) in [7, 11) is 1.86. The maximum Gasteiger partial charge on any atom is 0.418 e. The lowest BCUT2D eigenvalue weighted by atomic mass is 10.1. The number of aromatic nitrogens is 2. The smallest absolute Gasteiger partial charge is 0.351 e. The number of nitrogens with zero attached hydrogens (tertiary/aromatic N) is 3. The zero-order chi connectivity index (χ0) is 25.7. The van der Waals surface area contributed by atoms with Crippen LogP contribution in [0.4, 0.5) is 13.2 Å². The molecule has 0 unspecified atom stereocenters. The van der Waals surface area contributed by atoms with Gasteiger partial charge in [-0.25, -0.2) is 0 Å². The van der Waals surface area contributed by atoms with Gasteiger partial charge in [0.15, 0.2) is 0 Å². The highest BCUT2D eigenvalue weighted by Crippen LogP contribution is 2.36. The number of carbonyl (C=O) groups is 1. The van der Waals surface area contributed by atoms with E-state index in [4.69, 9.17) is 0 Å². The van der Waals surface area contributed by atoms with Crippen molar-refractivity contribution in [2.75, 3.05) is 20.1 Å². The van der Waals surface area contributed by atoms with E-state index >= 15 is 0 Å². The topological polar surface area (TPSA) is 50.2 Å². The third-order valence-corrected chi connectivity index (χ3v) is 6.22. The number of amides is 1. The lowest BCUT2D eigenvalue weighted by molar-refractivity contribution is -0.137. The van der Waals surface area contributed by atoms with Crippen LogP contribution in [-0.4, -0.2) is 40.5 Å². The number of alkyl halides is 3. The summed E-state index contributed by atoms with van der Waals surface area (Å²) >= 11 is 3.40. The number of hydrogen-bond donors (Lipinski definition) is 1. The molecule has 1 N–H and O–H groups in total. The molecule has 2 heterocycles. The number of hydrogen-bond acceptors (Lipinski definition) is 3. The first kappa shape index (κ1) is 25.7. The predicted octanol–water partition coefficient (Wildman–Crippen LogP) is 6.18. The third kappa shape index (κ3) is 6.03. The van der Waals surface area contributed by atoms with Crippen molar-refractivity contribution in [3.05, 3.63) is 106 Å². The average molecular weight is 557 g/mol. The van der Waals surface area contributed by atoms with Crippen LogP contribution in [0.3, 0.4) is 0 Å². The van der Waals surface area contributed by atoms with Crippen LogP contribution in [-0.2, 0) is 12.7 Å². The van der Waals surface area contributed by atoms with Crippen molar-refractivity contribution < 1.29 is 18.0 Å². The fourth-order valence-electron chi connectivity index (χ4n) is 3.94. The Kier molecular flexibility index (Phi) is 7.91. The van der Waals surface area contributed by atoms with E-state index < -0.39 is 11.7 Å². The molecule has 5 nitrogen and oxygen atoms in total. The van der Waals surface area contributed by atoms with Crippen LogP contribution in [0.5, 0.6) is 0 Å². The highest BCUT2D eigenvalue weighted by molar-refractivity contribution is 9.10. The molecule has 0 bridgehead atoms. The van der Waals surface area contributed by atoms with E-state index in [1.807, 2.05) is 54.4 Å². The van der Waals surface area contributed by atoms with Gasteiger partial charge in [0.05, 0.1) is 23.1 Å². The average Bonchev–Trinajstić information content (AvgIpc) is 3.27. The molecule has 186 valence electrons. The summed E-state index contributed by atoms with van der Waals surface area (Å²) in [6.07, 6.45) is -2.14. The first-order valence-electron chi connectivity index (χ1n) is 11.2. The van der Waals surface area contributed by atoms with Gasteiger partial charge in [0.2, 0.25) is 0 Å². The Morgan fingerprint density at radius 1 is 1.03 bits per heavy atom. The lowest BCUT2D eigenvalue weighted by Crippen LogP contribution is -2.33. The second-order valence-electron chi connectivity index (χ2n) is 8.30. The summed E-state index contributed by atoms with van der Waals surface area (Å²) in [5, 5.41) is 2.88. The molecule has 0 saturated heterocycles. The molecular weight excluding hydrogens is 533 g/mol. The molecule has 0 atom stereocenters. The number of likely N-dealkylation sites (N-methyl/N-ethyl adjacent to an activating group) is 1. The van der Waals surface area contributed by atoms with Crippen LogP contribution in [0.2, 0.25) is 0 Å². The fourth-order valence-corrected chi connectivity index (χ4v) is 4.21. The normalized spacial score (nSPS) is 11.6. The molecule has 4 rings (SSSR count). The van der Waals surface area contributed by atoms with Crippen molar-refractivity contribution in [1.29, 1.82) is 0 Å². The van der Waals surface area contributed by atoms with Gasteiger partial charge in [-0.15, -0.1) is 0 Å². The SMILES string of the molecule is CN(CCNC(=O)c1ccccc1)Cc1ccc(-c2ccc(Br)cc2)n1-c1cnccc1C(F)(F)F. The summed E-state index contributed by atoms with van der Waals surface area (Å²) in [6.45, 7) is 1.27. The molecule has 9 heteroatoms. The molecule has 0 saturated carbocycles. The van der Waals surface area contributed by atoms with Gasteiger partial charge in [-0.1, -0.05) is 46.3 Å². The maximum atomic E-state index is 13.9. The van der Waals surface area contributed by atoms with Gasteiger partial charge in [0, 0.05) is 41.6 Å². The summed E-state index contributed by atoms with van der Waals surface area (Å²) in [5.74, 6) is -0.171. The van der Waals surface area contributed by atoms with Gasteiger partial charge in [-0.3, -0.25) is 14.7 Å². The van der Waals surface area contributed by atoms with E-state index in [-0.39, 0.29) is 11.6 Å². The Morgan fingerprint density at radius 3 is 2.44 bits per heavy atom. The quantitative estimate of drug-likeness (QED) is 0.282. The zero-order valence-electron chi connectivity index (χ0n) is 19.5. The monoisotopic (exact) mass is 556 g/mol. The molecule has 0 fully saturated rings. The first-order valence-corrected chi connectivity index (χ1v) is 12.0. The van der Waals surface area contributed by atoms with Crippen LogP contribution < -0.4 is 5.32 Å². The largest absolute Gasteiger partial charge is 0.418 e. The van der Waals surface area contributed by atoms with Gasteiger partial charge in [-0.2, -0.15) is 13.2 Å².